The number of hydrogen-bond acceptors (Lipinski definition) is 5. The number of aromatic nitrogens is 1. The minimum absolute atomic E-state index is 0.301. The third-order valence-electron chi connectivity index (χ3n) is 3.95. The van der Waals surface area contributed by atoms with Crippen LogP contribution in [0.25, 0.3) is 0 Å². The molecule has 0 atom stereocenters. The van der Waals surface area contributed by atoms with E-state index in [0.717, 1.165) is 18.7 Å². The number of amides is 1. The molecule has 0 saturated carbocycles. The quantitative estimate of drug-likeness (QED) is 0.534. The molecule has 0 aliphatic heterocycles. The molecule has 0 saturated heterocycles. The molecule has 0 fully saturated rings. The number of methoxy groups -OCH3 is 1. The van der Waals surface area contributed by atoms with Crippen LogP contribution in [0.15, 0.2) is 72.9 Å². The van der Waals surface area contributed by atoms with E-state index in [-0.39, 0.29) is 5.91 Å². The Morgan fingerprint density at radius 2 is 1.82 bits per heavy atom. The Hall–Kier alpha value is -3.38. The highest BCUT2D eigenvalue weighted by Gasteiger charge is 2.12. The molecular formula is C22H23N3O3. The zero-order chi connectivity index (χ0) is 19.6. The van der Waals surface area contributed by atoms with Crippen molar-refractivity contribution < 1.29 is 14.3 Å². The van der Waals surface area contributed by atoms with Gasteiger partial charge in [0.15, 0.2) is 5.75 Å². The van der Waals surface area contributed by atoms with Gasteiger partial charge in [0.25, 0.3) is 5.91 Å². The molecule has 6 nitrogen and oxygen atoms in total. The Labute approximate surface area is 164 Å². The first-order valence-corrected chi connectivity index (χ1v) is 9.08. The highest BCUT2D eigenvalue weighted by Crippen LogP contribution is 2.29. The molecule has 3 rings (SSSR count). The molecule has 0 spiro atoms. The maximum atomic E-state index is 12.7. The molecule has 1 aromatic heterocycles. The molecule has 28 heavy (non-hydrogen) atoms. The molecule has 0 aliphatic rings. The summed E-state index contributed by atoms with van der Waals surface area (Å²) in [5.74, 6) is 0.963. The fraction of sp³-hybridized carbons (Fsp3) is 0.182. The Morgan fingerprint density at radius 3 is 2.64 bits per heavy atom. The zero-order valence-electron chi connectivity index (χ0n) is 15.7. The summed E-state index contributed by atoms with van der Waals surface area (Å²) in [7, 11) is 1.67. The van der Waals surface area contributed by atoms with Gasteiger partial charge in [0.2, 0.25) is 0 Å². The molecule has 0 bridgehead atoms. The van der Waals surface area contributed by atoms with E-state index in [1.165, 1.54) is 0 Å². The van der Waals surface area contributed by atoms with Gasteiger partial charge in [0.05, 0.1) is 5.69 Å². The lowest BCUT2D eigenvalue weighted by molar-refractivity contribution is 0.102. The van der Waals surface area contributed by atoms with Gasteiger partial charge >= 0.3 is 0 Å². The summed E-state index contributed by atoms with van der Waals surface area (Å²) < 4.78 is 10.9. The van der Waals surface area contributed by atoms with E-state index in [4.69, 9.17) is 9.47 Å². The number of benzene rings is 2. The number of rotatable bonds is 9. The number of anilines is 2. The van der Waals surface area contributed by atoms with Gasteiger partial charge in [-0.05, 0) is 42.8 Å². The van der Waals surface area contributed by atoms with Crippen molar-refractivity contribution in [3.8, 4) is 11.5 Å². The summed E-state index contributed by atoms with van der Waals surface area (Å²) >= 11 is 0. The standard InChI is InChI=1S/C22H23N3O3/c1-27-15-7-13-23-17-12-14-24-20(16-17)22(26)25-19-10-5-6-11-21(19)28-18-8-3-2-4-9-18/h2-6,8-12,14,16H,7,13,15H2,1H3,(H,23,24)(H,25,26). The number of hydrogen-bond donors (Lipinski definition) is 2. The topological polar surface area (TPSA) is 72.5 Å². The van der Waals surface area contributed by atoms with Crippen molar-refractivity contribution in [2.24, 2.45) is 0 Å². The Morgan fingerprint density at radius 1 is 1.04 bits per heavy atom. The van der Waals surface area contributed by atoms with Crippen LogP contribution >= 0.6 is 0 Å². The maximum Gasteiger partial charge on any atom is 0.274 e. The fourth-order valence-corrected chi connectivity index (χ4v) is 2.57. The molecule has 1 amide bonds. The molecular weight excluding hydrogens is 354 g/mol. The van der Waals surface area contributed by atoms with E-state index in [9.17, 15) is 4.79 Å². The summed E-state index contributed by atoms with van der Waals surface area (Å²) in [6.45, 7) is 1.44. The lowest BCUT2D eigenvalue weighted by atomic mass is 10.2. The first-order valence-electron chi connectivity index (χ1n) is 9.08. The summed E-state index contributed by atoms with van der Waals surface area (Å²) in [4.78, 5) is 16.8. The second-order valence-electron chi connectivity index (χ2n) is 6.07. The van der Waals surface area contributed by atoms with E-state index in [0.29, 0.717) is 29.5 Å². The van der Waals surface area contributed by atoms with Crippen molar-refractivity contribution in [1.29, 1.82) is 0 Å². The number of para-hydroxylation sites is 3. The Kier molecular flexibility index (Phi) is 6.98. The molecule has 144 valence electrons. The van der Waals surface area contributed by atoms with Gasteiger partial charge in [0, 0.05) is 32.1 Å². The van der Waals surface area contributed by atoms with Crippen LogP contribution in [-0.4, -0.2) is 31.2 Å². The van der Waals surface area contributed by atoms with E-state index in [1.807, 2.05) is 54.6 Å². The van der Waals surface area contributed by atoms with Crippen molar-refractivity contribution in [3.63, 3.8) is 0 Å². The zero-order valence-corrected chi connectivity index (χ0v) is 15.7. The number of carbonyl (C=O) groups is 1. The van der Waals surface area contributed by atoms with Crippen LogP contribution in [0.2, 0.25) is 0 Å². The summed E-state index contributed by atoms with van der Waals surface area (Å²) in [6.07, 6.45) is 2.49. The monoisotopic (exact) mass is 377 g/mol. The van der Waals surface area contributed by atoms with Gasteiger partial charge in [-0.25, -0.2) is 0 Å². The van der Waals surface area contributed by atoms with E-state index in [1.54, 1.807) is 25.4 Å². The van der Waals surface area contributed by atoms with Crippen LogP contribution in [0.5, 0.6) is 11.5 Å². The maximum absolute atomic E-state index is 12.7. The average molecular weight is 377 g/mol. The molecule has 0 unspecified atom stereocenters. The smallest absolute Gasteiger partial charge is 0.274 e. The van der Waals surface area contributed by atoms with E-state index < -0.39 is 0 Å². The normalized spacial score (nSPS) is 10.3. The van der Waals surface area contributed by atoms with Crippen molar-refractivity contribution in [2.75, 3.05) is 30.9 Å². The van der Waals surface area contributed by atoms with Crippen molar-refractivity contribution in [2.45, 2.75) is 6.42 Å². The minimum atomic E-state index is -0.301. The van der Waals surface area contributed by atoms with Crippen molar-refractivity contribution in [1.82, 2.24) is 4.98 Å². The van der Waals surface area contributed by atoms with Crippen LogP contribution < -0.4 is 15.4 Å². The summed E-state index contributed by atoms with van der Waals surface area (Å²) in [5.41, 5.74) is 1.74. The molecule has 1 heterocycles. The average Bonchev–Trinajstić information content (AvgIpc) is 2.74. The second kappa shape index (κ2) is 10.1. The minimum Gasteiger partial charge on any atom is -0.455 e. The molecule has 3 aromatic rings. The molecule has 2 N–H and O–H groups in total. The third kappa shape index (κ3) is 5.56. The van der Waals surface area contributed by atoms with Gasteiger partial charge in [-0.15, -0.1) is 0 Å². The van der Waals surface area contributed by atoms with E-state index in [2.05, 4.69) is 15.6 Å². The number of ether oxygens (including phenoxy) is 2. The van der Waals surface area contributed by atoms with Crippen LogP contribution in [0.1, 0.15) is 16.9 Å². The Bertz CT molecular complexity index is 900. The lowest BCUT2D eigenvalue weighted by Crippen LogP contribution is -2.15. The predicted molar refractivity (Wildman–Crippen MR) is 110 cm³/mol. The molecule has 2 aromatic carbocycles. The highest BCUT2D eigenvalue weighted by atomic mass is 16.5. The van der Waals surface area contributed by atoms with Gasteiger partial charge in [-0.1, -0.05) is 30.3 Å². The third-order valence-corrected chi connectivity index (χ3v) is 3.95. The first kappa shape index (κ1) is 19.4. The largest absolute Gasteiger partial charge is 0.455 e. The number of nitrogens with one attached hydrogen (secondary N) is 2. The molecule has 6 heteroatoms. The van der Waals surface area contributed by atoms with Crippen molar-refractivity contribution >= 4 is 17.3 Å². The number of carbonyl (C=O) groups excluding carboxylic acids is 1. The number of pyridine rings is 1. The summed E-state index contributed by atoms with van der Waals surface area (Å²) in [5, 5.41) is 6.13. The van der Waals surface area contributed by atoms with Crippen molar-refractivity contribution in [3.05, 3.63) is 78.6 Å². The predicted octanol–water partition coefficient (Wildman–Crippen LogP) is 4.57. The lowest BCUT2D eigenvalue weighted by Gasteiger charge is -2.12. The second-order valence-corrected chi connectivity index (χ2v) is 6.07. The fourth-order valence-electron chi connectivity index (χ4n) is 2.57. The van der Waals surface area contributed by atoms with Gasteiger partial charge in [-0.2, -0.15) is 0 Å². The molecule has 0 aliphatic carbocycles. The van der Waals surface area contributed by atoms with Crippen LogP contribution in [0, 0.1) is 0 Å². The van der Waals surface area contributed by atoms with Crippen LogP contribution in [0.3, 0.4) is 0 Å². The number of nitrogens with zero attached hydrogens (tertiary/aromatic N) is 1. The SMILES string of the molecule is COCCCNc1ccnc(C(=O)Nc2ccccc2Oc2ccccc2)c1. The first-order chi connectivity index (χ1) is 13.8. The highest BCUT2D eigenvalue weighted by molar-refractivity contribution is 6.04. The van der Waals surface area contributed by atoms with Gasteiger partial charge in [0.1, 0.15) is 11.4 Å². The Balaban J connectivity index is 1.68. The summed E-state index contributed by atoms with van der Waals surface area (Å²) in [6, 6.07) is 20.3. The molecule has 0 radical (unpaired) electrons. The van der Waals surface area contributed by atoms with Gasteiger partial charge < -0.3 is 20.1 Å². The van der Waals surface area contributed by atoms with E-state index >= 15 is 0 Å². The van der Waals surface area contributed by atoms with Crippen LogP contribution in [0.4, 0.5) is 11.4 Å². The van der Waals surface area contributed by atoms with Gasteiger partial charge in [-0.3, -0.25) is 9.78 Å². The van der Waals surface area contributed by atoms with Crippen LogP contribution in [-0.2, 0) is 4.74 Å².